The maximum Gasteiger partial charge on any atom is 0.254 e. The summed E-state index contributed by atoms with van der Waals surface area (Å²) >= 11 is 0. The monoisotopic (exact) mass is 454 g/mol. The third kappa shape index (κ3) is 3.69. The second-order valence-electron chi connectivity index (χ2n) is 9.45. The van der Waals surface area contributed by atoms with Crippen molar-refractivity contribution in [2.45, 2.75) is 58.2 Å². The van der Waals surface area contributed by atoms with Crippen molar-refractivity contribution >= 4 is 5.91 Å². The van der Waals surface area contributed by atoms with Gasteiger partial charge in [-0.05, 0) is 90.3 Å². The van der Waals surface area contributed by atoms with Crippen LogP contribution in [0.3, 0.4) is 0 Å². The molecule has 0 radical (unpaired) electrons. The van der Waals surface area contributed by atoms with Crippen molar-refractivity contribution in [2.75, 3.05) is 0 Å². The second-order valence-corrected chi connectivity index (χ2v) is 9.45. The number of nitriles is 1. The first-order chi connectivity index (χ1) is 16.4. The smallest absolute Gasteiger partial charge is 0.254 e. The number of amides is 1. The standard InChI is InChI=1S/C29H27FN2O2/c1-17-18(2)25-16-32(27-8-5-9-28(27)33)29(34)24(25)14-23(17)22-7-4-3-6-20(22)13-21-11-10-19(15-31)12-26(21)30/h3-4,6-7,10-12,14,27-28,33H,5,8-9,13,16H2,1-2H3/t27-,28-/m0/s1. The second kappa shape index (κ2) is 8.70. The molecule has 1 saturated carbocycles. The predicted octanol–water partition coefficient (Wildman–Crippen LogP) is 5.44. The van der Waals surface area contributed by atoms with Crippen LogP contribution >= 0.6 is 0 Å². The van der Waals surface area contributed by atoms with Crippen LogP contribution in [0, 0.1) is 31.0 Å². The minimum atomic E-state index is -0.456. The number of hydrogen-bond acceptors (Lipinski definition) is 3. The molecule has 34 heavy (non-hydrogen) atoms. The number of nitrogens with zero attached hydrogens (tertiary/aromatic N) is 2. The Balaban J connectivity index is 1.55. The molecule has 172 valence electrons. The van der Waals surface area contributed by atoms with Gasteiger partial charge in [-0.3, -0.25) is 4.79 Å². The molecule has 1 amide bonds. The molecule has 5 heteroatoms. The van der Waals surface area contributed by atoms with Gasteiger partial charge < -0.3 is 10.0 Å². The Bertz CT molecular complexity index is 1340. The van der Waals surface area contributed by atoms with E-state index in [0.717, 1.165) is 52.6 Å². The highest BCUT2D eigenvalue weighted by Gasteiger charge is 2.39. The Morgan fingerprint density at radius 2 is 1.82 bits per heavy atom. The van der Waals surface area contributed by atoms with Crippen molar-refractivity contribution in [1.82, 2.24) is 4.90 Å². The number of halogens is 1. The maximum atomic E-state index is 14.6. The van der Waals surface area contributed by atoms with Crippen LogP contribution in [0.4, 0.5) is 4.39 Å². The SMILES string of the molecule is Cc1c(-c2ccccc2Cc2ccc(C#N)cc2F)cc2c(c1C)CN([C@H]1CCC[C@@H]1O)C2=O. The number of aliphatic hydroxyl groups excluding tert-OH is 1. The van der Waals surface area contributed by atoms with Gasteiger partial charge >= 0.3 is 0 Å². The molecule has 5 rings (SSSR count). The third-order valence-electron chi connectivity index (χ3n) is 7.57. The number of carbonyl (C=O) groups is 1. The van der Waals surface area contributed by atoms with Gasteiger partial charge in [0.25, 0.3) is 5.91 Å². The van der Waals surface area contributed by atoms with E-state index in [1.54, 1.807) is 12.1 Å². The van der Waals surface area contributed by atoms with Crippen molar-refractivity contribution in [3.8, 4) is 17.2 Å². The molecule has 0 bridgehead atoms. The van der Waals surface area contributed by atoms with Crippen LogP contribution in [0.25, 0.3) is 11.1 Å². The molecule has 4 nitrogen and oxygen atoms in total. The lowest BCUT2D eigenvalue weighted by molar-refractivity contribution is 0.0479. The van der Waals surface area contributed by atoms with Gasteiger partial charge in [0, 0.05) is 18.5 Å². The molecule has 1 aliphatic carbocycles. The highest BCUT2D eigenvalue weighted by atomic mass is 19.1. The van der Waals surface area contributed by atoms with Gasteiger partial charge in [-0.15, -0.1) is 0 Å². The first-order valence-corrected chi connectivity index (χ1v) is 11.8. The Hall–Kier alpha value is -3.49. The lowest BCUT2D eigenvalue weighted by Gasteiger charge is -2.26. The van der Waals surface area contributed by atoms with Crippen molar-refractivity contribution in [3.05, 3.63) is 93.3 Å². The summed E-state index contributed by atoms with van der Waals surface area (Å²) in [7, 11) is 0. The van der Waals surface area contributed by atoms with Gasteiger partial charge in [0.05, 0.1) is 23.8 Å². The van der Waals surface area contributed by atoms with Crippen molar-refractivity contribution in [2.24, 2.45) is 0 Å². The summed E-state index contributed by atoms with van der Waals surface area (Å²) in [5, 5.41) is 19.4. The molecular formula is C29H27FN2O2. The first kappa shape index (κ1) is 22.3. The van der Waals surface area contributed by atoms with E-state index in [1.807, 2.05) is 41.3 Å². The lowest BCUT2D eigenvalue weighted by atomic mass is 9.87. The number of fused-ring (bicyclic) bond motifs is 1. The fraction of sp³-hybridized carbons (Fsp3) is 0.310. The largest absolute Gasteiger partial charge is 0.391 e. The summed E-state index contributed by atoms with van der Waals surface area (Å²) in [4.78, 5) is 15.2. The van der Waals surface area contributed by atoms with E-state index in [4.69, 9.17) is 5.26 Å². The molecule has 3 aromatic rings. The van der Waals surface area contributed by atoms with E-state index in [9.17, 15) is 14.3 Å². The maximum absolute atomic E-state index is 14.6. The molecular weight excluding hydrogens is 427 g/mol. The number of benzene rings is 3. The molecule has 3 aromatic carbocycles. The van der Waals surface area contributed by atoms with Gasteiger partial charge in [0.1, 0.15) is 5.82 Å². The van der Waals surface area contributed by atoms with Crippen LogP contribution in [-0.4, -0.2) is 28.1 Å². The quantitative estimate of drug-likeness (QED) is 0.571. The molecule has 2 aliphatic rings. The zero-order chi connectivity index (χ0) is 24.0. The minimum Gasteiger partial charge on any atom is -0.391 e. The number of carbonyl (C=O) groups excluding carboxylic acids is 1. The molecule has 1 N–H and O–H groups in total. The Labute approximate surface area is 199 Å². The Morgan fingerprint density at radius 1 is 1.03 bits per heavy atom. The van der Waals surface area contributed by atoms with Crippen LogP contribution in [0.5, 0.6) is 0 Å². The fourth-order valence-electron chi connectivity index (χ4n) is 5.50. The minimum absolute atomic E-state index is 0.0130. The highest BCUT2D eigenvalue weighted by molar-refractivity contribution is 6.01. The summed E-state index contributed by atoms with van der Waals surface area (Å²) < 4.78 is 14.6. The zero-order valence-corrected chi connectivity index (χ0v) is 19.4. The first-order valence-electron chi connectivity index (χ1n) is 11.8. The van der Waals surface area contributed by atoms with E-state index >= 15 is 0 Å². The van der Waals surface area contributed by atoms with Gasteiger partial charge in [0.15, 0.2) is 0 Å². The molecule has 2 atom stereocenters. The number of aliphatic hydroxyl groups is 1. The summed E-state index contributed by atoms with van der Waals surface area (Å²) in [5.74, 6) is -0.405. The molecule has 0 saturated heterocycles. The molecule has 1 aliphatic heterocycles. The molecule has 1 heterocycles. The van der Waals surface area contributed by atoms with Crippen LogP contribution in [0.15, 0.2) is 48.5 Å². The summed E-state index contributed by atoms with van der Waals surface area (Å²) in [5.41, 5.74) is 7.68. The number of hydrogen-bond donors (Lipinski definition) is 1. The summed E-state index contributed by atoms with van der Waals surface area (Å²) in [6.45, 7) is 4.67. The molecule has 0 unspecified atom stereocenters. The van der Waals surface area contributed by atoms with Gasteiger partial charge in [0.2, 0.25) is 0 Å². The topological polar surface area (TPSA) is 64.3 Å². The zero-order valence-electron chi connectivity index (χ0n) is 19.4. The summed E-state index contributed by atoms with van der Waals surface area (Å²) in [6, 6.07) is 16.3. The number of rotatable bonds is 4. The van der Waals surface area contributed by atoms with Crippen LogP contribution < -0.4 is 0 Å². The summed E-state index contributed by atoms with van der Waals surface area (Å²) in [6.07, 6.45) is 2.45. The van der Waals surface area contributed by atoms with Gasteiger partial charge in [-0.2, -0.15) is 5.26 Å². The lowest BCUT2D eigenvalue weighted by Crippen LogP contribution is -2.40. The third-order valence-corrected chi connectivity index (χ3v) is 7.57. The molecule has 1 fully saturated rings. The van der Waals surface area contributed by atoms with E-state index in [-0.39, 0.29) is 11.9 Å². The Morgan fingerprint density at radius 3 is 2.53 bits per heavy atom. The van der Waals surface area contributed by atoms with Crippen molar-refractivity contribution in [3.63, 3.8) is 0 Å². The average Bonchev–Trinajstić information content (AvgIpc) is 3.40. The average molecular weight is 455 g/mol. The van der Waals surface area contributed by atoms with E-state index in [0.29, 0.717) is 29.7 Å². The highest BCUT2D eigenvalue weighted by Crippen LogP contribution is 2.39. The molecule has 0 aromatic heterocycles. The molecule has 0 spiro atoms. The fourth-order valence-corrected chi connectivity index (χ4v) is 5.50. The van der Waals surface area contributed by atoms with Crippen molar-refractivity contribution in [1.29, 1.82) is 5.26 Å². The Kier molecular flexibility index (Phi) is 5.71. The van der Waals surface area contributed by atoms with Crippen LogP contribution in [0.2, 0.25) is 0 Å². The predicted molar refractivity (Wildman–Crippen MR) is 129 cm³/mol. The van der Waals surface area contributed by atoms with E-state index in [2.05, 4.69) is 13.8 Å². The van der Waals surface area contributed by atoms with Gasteiger partial charge in [-0.1, -0.05) is 30.3 Å². The van der Waals surface area contributed by atoms with Gasteiger partial charge in [-0.25, -0.2) is 4.39 Å². The normalized spacial score (nSPS) is 19.4. The van der Waals surface area contributed by atoms with E-state index in [1.165, 1.54) is 6.07 Å². The van der Waals surface area contributed by atoms with Crippen LogP contribution in [0.1, 0.15) is 63.0 Å². The van der Waals surface area contributed by atoms with E-state index < -0.39 is 11.9 Å². The van der Waals surface area contributed by atoms with Crippen LogP contribution in [-0.2, 0) is 13.0 Å². The van der Waals surface area contributed by atoms with Crippen molar-refractivity contribution < 1.29 is 14.3 Å².